The minimum Gasteiger partial charge on any atom is -0.323 e. The highest BCUT2D eigenvalue weighted by atomic mass is 79.9. The quantitative estimate of drug-likeness (QED) is 0.591. The summed E-state index contributed by atoms with van der Waals surface area (Å²) in [5, 5.41) is 0. The molecule has 0 saturated carbocycles. The Balaban J connectivity index is 2.99. The second kappa shape index (κ2) is 3.69. The highest BCUT2D eigenvalue weighted by Crippen LogP contribution is 2.22. The molecule has 1 aromatic carbocycles. The van der Waals surface area contributed by atoms with Crippen molar-refractivity contribution in [1.29, 1.82) is 0 Å². The second-order valence-corrected chi connectivity index (χ2v) is 2.95. The molecule has 2 nitrogen and oxygen atoms in total. The first kappa shape index (κ1) is 8.49. The normalized spacial score (nSPS) is 9.73. The van der Waals surface area contributed by atoms with Gasteiger partial charge in [0, 0.05) is 4.47 Å². The zero-order valence-corrected chi connectivity index (χ0v) is 7.36. The number of hydrazine groups is 1. The Morgan fingerprint density at radius 2 is 2.27 bits per heavy atom. The van der Waals surface area contributed by atoms with Crippen molar-refractivity contribution in [3.63, 3.8) is 0 Å². The summed E-state index contributed by atoms with van der Waals surface area (Å²) < 4.78 is 12.8. The van der Waals surface area contributed by atoms with Crippen molar-refractivity contribution in [1.82, 2.24) is 0 Å². The van der Waals surface area contributed by atoms with E-state index in [4.69, 9.17) is 5.84 Å². The first-order valence-electron chi connectivity index (χ1n) is 3.09. The number of hydrogen-bond donors (Lipinski definition) is 2. The Kier molecular flexibility index (Phi) is 2.84. The molecule has 4 heteroatoms. The van der Waals surface area contributed by atoms with Gasteiger partial charge < -0.3 is 5.43 Å². The number of nitrogen functional groups attached to an aromatic ring is 1. The van der Waals surface area contributed by atoms with Gasteiger partial charge in [-0.1, -0.05) is 6.07 Å². The van der Waals surface area contributed by atoms with Crippen molar-refractivity contribution in [3.05, 3.63) is 28.2 Å². The van der Waals surface area contributed by atoms with Gasteiger partial charge in [-0.15, -0.1) is 0 Å². The zero-order valence-electron chi connectivity index (χ0n) is 5.77. The Bertz CT molecular complexity index is 252. The molecule has 0 aliphatic heterocycles. The lowest BCUT2D eigenvalue weighted by Crippen LogP contribution is -2.07. The summed E-state index contributed by atoms with van der Waals surface area (Å²) >= 11 is 3.24. The first-order chi connectivity index (χ1) is 5.27. The van der Waals surface area contributed by atoms with E-state index >= 15 is 0 Å². The largest absolute Gasteiger partial charge is 0.323 e. The minimum atomic E-state index is -0.455. The standard InChI is InChI=1S/C7H8BrFN2/c8-6-3-5(4-9)1-2-7(6)11-10/h1-3,11H,4,10H2. The van der Waals surface area contributed by atoms with Gasteiger partial charge in [0.25, 0.3) is 0 Å². The van der Waals surface area contributed by atoms with Crippen LogP contribution in [0.1, 0.15) is 5.56 Å². The second-order valence-electron chi connectivity index (χ2n) is 2.09. The van der Waals surface area contributed by atoms with Crippen LogP contribution < -0.4 is 11.3 Å². The SMILES string of the molecule is NNc1ccc(CF)cc1Br. The predicted molar refractivity (Wildman–Crippen MR) is 46.8 cm³/mol. The molecule has 0 bridgehead atoms. The fourth-order valence-corrected chi connectivity index (χ4v) is 1.30. The minimum absolute atomic E-state index is 0.455. The highest BCUT2D eigenvalue weighted by Gasteiger charge is 1.98. The summed E-state index contributed by atoms with van der Waals surface area (Å²) in [7, 11) is 0. The van der Waals surface area contributed by atoms with Gasteiger partial charge in [-0.25, -0.2) is 4.39 Å². The van der Waals surface area contributed by atoms with Crippen molar-refractivity contribution in [2.45, 2.75) is 6.67 Å². The highest BCUT2D eigenvalue weighted by molar-refractivity contribution is 9.10. The first-order valence-corrected chi connectivity index (χ1v) is 3.88. The lowest BCUT2D eigenvalue weighted by Gasteiger charge is -2.03. The maximum Gasteiger partial charge on any atom is 0.115 e. The van der Waals surface area contributed by atoms with Crippen molar-refractivity contribution in [2.75, 3.05) is 5.43 Å². The van der Waals surface area contributed by atoms with Crippen LogP contribution in [0, 0.1) is 0 Å². The molecule has 1 aromatic rings. The number of anilines is 1. The molecular weight excluding hydrogens is 211 g/mol. The third kappa shape index (κ3) is 1.91. The average Bonchev–Trinajstić information content (AvgIpc) is 2.04. The van der Waals surface area contributed by atoms with E-state index in [2.05, 4.69) is 21.4 Å². The fourth-order valence-electron chi connectivity index (χ4n) is 0.759. The number of halogens is 2. The molecule has 0 fully saturated rings. The van der Waals surface area contributed by atoms with Gasteiger partial charge in [0.05, 0.1) is 5.69 Å². The van der Waals surface area contributed by atoms with Gasteiger partial charge in [0.1, 0.15) is 6.67 Å². The topological polar surface area (TPSA) is 38.0 Å². The summed E-state index contributed by atoms with van der Waals surface area (Å²) in [5.74, 6) is 5.17. The molecule has 0 atom stereocenters. The van der Waals surface area contributed by atoms with E-state index in [1.165, 1.54) is 0 Å². The van der Waals surface area contributed by atoms with Gasteiger partial charge in [0.15, 0.2) is 0 Å². The molecule has 0 saturated heterocycles. The van der Waals surface area contributed by atoms with Crippen LogP contribution in [0.3, 0.4) is 0 Å². The molecule has 60 valence electrons. The van der Waals surface area contributed by atoms with E-state index in [1.807, 2.05) is 0 Å². The van der Waals surface area contributed by atoms with Crippen LogP contribution in [0.2, 0.25) is 0 Å². The number of nitrogens with two attached hydrogens (primary N) is 1. The third-order valence-corrected chi connectivity index (χ3v) is 2.00. The monoisotopic (exact) mass is 218 g/mol. The van der Waals surface area contributed by atoms with Gasteiger partial charge in [-0.05, 0) is 33.6 Å². The molecule has 1 rings (SSSR count). The van der Waals surface area contributed by atoms with E-state index in [0.717, 1.165) is 10.2 Å². The third-order valence-electron chi connectivity index (χ3n) is 1.34. The number of rotatable bonds is 2. The lowest BCUT2D eigenvalue weighted by atomic mass is 10.2. The molecular formula is C7H8BrFN2. The van der Waals surface area contributed by atoms with Crippen LogP contribution in [-0.4, -0.2) is 0 Å². The van der Waals surface area contributed by atoms with E-state index in [9.17, 15) is 4.39 Å². The zero-order chi connectivity index (χ0) is 8.27. The Labute approximate surface area is 72.7 Å². The predicted octanol–water partition coefficient (Wildman–Crippen LogP) is 2.20. The molecule has 11 heavy (non-hydrogen) atoms. The van der Waals surface area contributed by atoms with E-state index in [-0.39, 0.29) is 0 Å². The molecule has 0 aliphatic carbocycles. The van der Waals surface area contributed by atoms with E-state index < -0.39 is 6.67 Å². The van der Waals surface area contributed by atoms with Gasteiger partial charge in [-0.3, -0.25) is 5.84 Å². The molecule has 0 spiro atoms. The maximum absolute atomic E-state index is 12.1. The van der Waals surface area contributed by atoms with Crippen molar-refractivity contribution in [2.24, 2.45) is 5.84 Å². The molecule has 0 amide bonds. The lowest BCUT2D eigenvalue weighted by molar-refractivity contribution is 0.485. The molecule has 0 heterocycles. The Morgan fingerprint density at radius 3 is 2.73 bits per heavy atom. The summed E-state index contributed by atoms with van der Waals surface area (Å²) in [4.78, 5) is 0. The van der Waals surface area contributed by atoms with Crippen molar-refractivity contribution in [3.8, 4) is 0 Å². The van der Waals surface area contributed by atoms with Gasteiger partial charge in [-0.2, -0.15) is 0 Å². The number of hydrogen-bond acceptors (Lipinski definition) is 2. The smallest absolute Gasteiger partial charge is 0.115 e. The van der Waals surface area contributed by atoms with E-state index in [0.29, 0.717) is 5.56 Å². The summed E-state index contributed by atoms with van der Waals surface area (Å²) in [6.07, 6.45) is 0. The molecule has 0 aliphatic rings. The molecule has 0 aromatic heterocycles. The molecule has 0 radical (unpaired) electrons. The van der Waals surface area contributed by atoms with Gasteiger partial charge >= 0.3 is 0 Å². The van der Waals surface area contributed by atoms with Crippen LogP contribution in [0.5, 0.6) is 0 Å². The maximum atomic E-state index is 12.1. The summed E-state index contributed by atoms with van der Waals surface area (Å²) in [6.45, 7) is -0.455. The molecule has 0 unspecified atom stereocenters. The van der Waals surface area contributed by atoms with Crippen LogP contribution >= 0.6 is 15.9 Å². The summed E-state index contributed by atoms with van der Waals surface area (Å²) in [5.41, 5.74) is 3.86. The summed E-state index contributed by atoms with van der Waals surface area (Å²) in [6, 6.07) is 5.09. The van der Waals surface area contributed by atoms with Crippen LogP contribution in [0.15, 0.2) is 22.7 Å². The average molecular weight is 219 g/mol. The van der Waals surface area contributed by atoms with Gasteiger partial charge in [0.2, 0.25) is 0 Å². The fraction of sp³-hybridized carbons (Fsp3) is 0.143. The molecule has 3 N–H and O–H groups in total. The Morgan fingerprint density at radius 1 is 1.55 bits per heavy atom. The van der Waals surface area contributed by atoms with Crippen molar-refractivity contribution >= 4 is 21.6 Å². The van der Waals surface area contributed by atoms with E-state index in [1.54, 1.807) is 18.2 Å². The Hall–Kier alpha value is -0.610. The van der Waals surface area contributed by atoms with Crippen molar-refractivity contribution < 1.29 is 4.39 Å². The number of nitrogens with one attached hydrogen (secondary N) is 1. The number of alkyl halides is 1. The van der Waals surface area contributed by atoms with Crippen LogP contribution in [-0.2, 0) is 6.67 Å². The van der Waals surface area contributed by atoms with Crippen LogP contribution in [0.4, 0.5) is 10.1 Å². The number of benzene rings is 1. The van der Waals surface area contributed by atoms with Crippen LogP contribution in [0.25, 0.3) is 0 Å².